The molecule has 0 bridgehead atoms. The minimum atomic E-state index is -4.40. The van der Waals surface area contributed by atoms with Crippen molar-refractivity contribution in [3.8, 4) is 0 Å². The van der Waals surface area contributed by atoms with Gasteiger partial charge in [0.25, 0.3) is 0 Å². The molecule has 0 aliphatic rings. The maximum atomic E-state index is 12.8. The first-order valence-corrected chi connectivity index (χ1v) is 15.1. The van der Waals surface area contributed by atoms with Crippen LogP contribution in [0.2, 0.25) is 0 Å². The van der Waals surface area contributed by atoms with E-state index in [4.69, 9.17) is 0 Å². The Kier molecular flexibility index (Phi) is 9.10. The highest BCUT2D eigenvalue weighted by Gasteiger charge is 2.29. The molecule has 6 rings (SSSR count). The van der Waals surface area contributed by atoms with Gasteiger partial charge in [0, 0.05) is 33.3 Å². The van der Waals surface area contributed by atoms with E-state index >= 15 is 0 Å². The van der Waals surface area contributed by atoms with Gasteiger partial charge in [0.15, 0.2) is 0 Å². The topological polar surface area (TPSA) is 86.2 Å². The van der Waals surface area contributed by atoms with E-state index in [1.807, 2.05) is 54.6 Å². The number of nitrogens with zero attached hydrogens (tertiary/aromatic N) is 6. The highest BCUT2D eigenvalue weighted by atomic mass is 19.4. The summed E-state index contributed by atoms with van der Waals surface area (Å²) in [6.07, 6.45) is -3.37. The summed E-state index contributed by atoms with van der Waals surface area (Å²) >= 11 is 0. The molecule has 6 aromatic carbocycles. The van der Waals surface area contributed by atoms with Crippen molar-refractivity contribution in [2.75, 3.05) is 5.32 Å². The van der Waals surface area contributed by atoms with Crippen LogP contribution in [0.5, 0.6) is 0 Å². The van der Waals surface area contributed by atoms with Gasteiger partial charge in [0.1, 0.15) is 0 Å². The Labute approximate surface area is 269 Å². The van der Waals surface area contributed by atoms with Crippen molar-refractivity contribution < 1.29 is 13.2 Å². The number of rotatable bonds is 9. The molecule has 47 heavy (non-hydrogen) atoms. The number of halogens is 3. The summed E-state index contributed by atoms with van der Waals surface area (Å²) in [5, 5.41) is 33.8. The van der Waals surface area contributed by atoms with Crippen molar-refractivity contribution >= 4 is 61.4 Å². The van der Waals surface area contributed by atoms with Crippen LogP contribution >= 0.6 is 0 Å². The highest BCUT2D eigenvalue weighted by molar-refractivity contribution is 6.01. The van der Waals surface area contributed by atoms with Gasteiger partial charge >= 0.3 is 6.18 Å². The van der Waals surface area contributed by atoms with E-state index in [0.29, 0.717) is 34.5 Å². The summed E-state index contributed by atoms with van der Waals surface area (Å²) in [6.45, 7) is 4.32. The van der Waals surface area contributed by atoms with Gasteiger partial charge in [-0.2, -0.15) is 28.5 Å². The van der Waals surface area contributed by atoms with Gasteiger partial charge < -0.3 is 5.32 Å². The largest absolute Gasteiger partial charge is 0.416 e. The van der Waals surface area contributed by atoms with Crippen molar-refractivity contribution in [2.24, 2.45) is 30.7 Å². The normalized spacial score (nSPS) is 13.0. The third-order valence-corrected chi connectivity index (χ3v) is 7.66. The Morgan fingerprint density at radius 1 is 0.511 bits per heavy atom. The zero-order valence-corrected chi connectivity index (χ0v) is 25.6. The first-order valence-electron chi connectivity index (χ1n) is 15.1. The third kappa shape index (κ3) is 7.38. The fraction of sp³-hybridized carbons (Fsp3) is 0.135. The summed E-state index contributed by atoms with van der Waals surface area (Å²) in [5.74, 6) is 0. The zero-order chi connectivity index (χ0) is 32.8. The molecule has 1 N–H and O–H groups in total. The molecule has 0 aliphatic heterocycles. The molecule has 0 saturated carbocycles. The van der Waals surface area contributed by atoms with Crippen LogP contribution in [0.25, 0.3) is 21.5 Å². The lowest BCUT2D eigenvalue weighted by atomic mass is 10.1. The van der Waals surface area contributed by atoms with Gasteiger partial charge in [-0.05, 0) is 86.1 Å². The van der Waals surface area contributed by atoms with Crippen LogP contribution in [-0.2, 0) is 6.18 Å². The van der Waals surface area contributed by atoms with Crippen LogP contribution in [-0.4, -0.2) is 6.04 Å². The summed E-state index contributed by atoms with van der Waals surface area (Å²) in [4.78, 5) is 0. The van der Waals surface area contributed by atoms with Gasteiger partial charge in [0.2, 0.25) is 0 Å². The van der Waals surface area contributed by atoms with Gasteiger partial charge in [0.05, 0.1) is 39.7 Å². The number of fused-ring (bicyclic) bond motifs is 2. The SMILES string of the molecule is CCC(C)Nc1ccc(N=Nc2ccc(N=Nc3ccc(N=Nc4ccc(C(F)(F)F)cc4)cc3)c3ccccc23)c2ccccc12. The Morgan fingerprint density at radius 2 is 0.894 bits per heavy atom. The number of anilines is 1. The number of nitrogens with one attached hydrogen (secondary N) is 1. The highest BCUT2D eigenvalue weighted by Crippen LogP contribution is 2.38. The van der Waals surface area contributed by atoms with Gasteiger partial charge in [-0.15, -0.1) is 15.3 Å². The Balaban J connectivity index is 1.20. The van der Waals surface area contributed by atoms with Gasteiger partial charge in [-0.25, -0.2) is 0 Å². The summed E-state index contributed by atoms with van der Waals surface area (Å²) in [6, 6.07) is 35.6. The van der Waals surface area contributed by atoms with Crippen LogP contribution in [0.1, 0.15) is 25.8 Å². The van der Waals surface area contributed by atoms with Gasteiger partial charge in [-0.3, -0.25) is 0 Å². The van der Waals surface area contributed by atoms with E-state index < -0.39 is 11.7 Å². The Hall–Kier alpha value is -5.77. The molecule has 0 aromatic heterocycles. The quantitative estimate of drug-likeness (QED) is 0.159. The monoisotopic (exact) mass is 629 g/mol. The fourth-order valence-corrected chi connectivity index (χ4v) is 4.94. The van der Waals surface area contributed by atoms with Crippen LogP contribution in [0, 0.1) is 0 Å². The molecule has 0 aliphatic carbocycles. The molecule has 0 radical (unpaired) electrons. The van der Waals surface area contributed by atoms with E-state index in [-0.39, 0.29) is 0 Å². The van der Waals surface area contributed by atoms with Crippen LogP contribution in [0.15, 0.2) is 152 Å². The van der Waals surface area contributed by atoms with Crippen LogP contribution in [0.4, 0.5) is 53.0 Å². The fourth-order valence-electron chi connectivity index (χ4n) is 4.94. The molecule has 0 fully saturated rings. The summed E-state index contributed by atoms with van der Waals surface area (Å²) < 4.78 is 38.3. The van der Waals surface area contributed by atoms with Crippen molar-refractivity contribution in [1.82, 2.24) is 0 Å². The maximum Gasteiger partial charge on any atom is 0.416 e. The number of alkyl halides is 3. The molecule has 0 spiro atoms. The van der Waals surface area contributed by atoms with Crippen molar-refractivity contribution in [3.05, 3.63) is 127 Å². The molecule has 1 atom stereocenters. The standard InChI is InChI=1S/C37H30F3N7/c1-3-24(2)41-33-20-21-35(30-9-5-4-8-29(30)33)46-47-36-23-22-34(31-10-6-7-11-32(31)36)45-44-28-18-16-27(17-19-28)43-42-26-14-12-25(13-15-26)37(38,39)40/h4-24,41H,3H2,1-2H3. The van der Waals surface area contributed by atoms with Crippen LogP contribution in [0.3, 0.4) is 0 Å². The predicted octanol–water partition coefficient (Wildman–Crippen LogP) is 13.5. The molecular formula is C37H30F3N7. The van der Waals surface area contributed by atoms with E-state index in [1.165, 1.54) is 12.1 Å². The van der Waals surface area contributed by atoms with Gasteiger partial charge in [-0.1, -0.05) is 55.5 Å². The lowest BCUT2D eigenvalue weighted by Gasteiger charge is -2.15. The molecular weight excluding hydrogens is 599 g/mol. The molecule has 6 aromatic rings. The van der Waals surface area contributed by atoms with E-state index in [9.17, 15) is 13.2 Å². The van der Waals surface area contributed by atoms with E-state index in [0.717, 1.165) is 51.5 Å². The average molecular weight is 630 g/mol. The second-order valence-corrected chi connectivity index (χ2v) is 10.9. The average Bonchev–Trinajstić information content (AvgIpc) is 3.10. The maximum absolute atomic E-state index is 12.8. The Morgan fingerprint density at radius 3 is 1.36 bits per heavy atom. The molecule has 7 nitrogen and oxygen atoms in total. The molecule has 0 heterocycles. The second-order valence-electron chi connectivity index (χ2n) is 10.9. The lowest BCUT2D eigenvalue weighted by Crippen LogP contribution is -2.13. The first kappa shape index (κ1) is 31.2. The smallest absolute Gasteiger partial charge is 0.382 e. The zero-order valence-electron chi connectivity index (χ0n) is 25.6. The number of benzene rings is 6. The van der Waals surface area contributed by atoms with Crippen molar-refractivity contribution in [2.45, 2.75) is 32.5 Å². The third-order valence-electron chi connectivity index (χ3n) is 7.66. The molecule has 10 heteroatoms. The minimum absolute atomic E-state index is 0.317. The first-order chi connectivity index (χ1) is 22.8. The van der Waals surface area contributed by atoms with Crippen molar-refractivity contribution in [3.63, 3.8) is 0 Å². The number of hydrogen-bond donors (Lipinski definition) is 1. The lowest BCUT2D eigenvalue weighted by molar-refractivity contribution is -0.137. The predicted molar refractivity (Wildman–Crippen MR) is 182 cm³/mol. The summed E-state index contributed by atoms with van der Waals surface area (Å²) in [5.41, 5.74) is 3.96. The molecule has 1 unspecified atom stereocenters. The summed E-state index contributed by atoms with van der Waals surface area (Å²) in [7, 11) is 0. The molecule has 234 valence electrons. The minimum Gasteiger partial charge on any atom is -0.382 e. The van der Waals surface area contributed by atoms with Crippen LogP contribution < -0.4 is 5.32 Å². The second kappa shape index (κ2) is 13.7. The van der Waals surface area contributed by atoms with Crippen molar-refractivity contribution in [1.29, 1.82) is 0 Å². The van der Waals surface area contributed by atoms with E-state index in [1.54, 1.807) is 24.3 Å². The van der Waals surface area contributed by atoms with E-state index in [2.05, 4.69) is 68.0 Å². The number of azo groups is 3. The molecule has 0 amide bonds. The number of hydrogen-bond acceptors (Lipinski definition) is 7. The Bertz CT molecular complexity index is 2100. The molecule has 0 saturated heterocycles.